The predicted molar refractivity (Wildman–Crippen MR) is 94.5 cm³/mol. The van der Waals surface area contributed by atoms with E-state index in [2.05, 4.69) is 5.32 Å². The van der Waals surface area contributed by atoms with Gasteiger partial charge in [-0.2, -0.15) is 0 Å². The maximum atomic E-state index is 12.0. The Kier molecular flexibility index (Phi) is 5.37. The monoisotopic (exact) mass is 371 g/mol. The molecule has 8 nitrogen and oxygen atoms in total. The molecule has 0 bridgehead atoms. The van der Waals surface area contributed by atoms with Gasteiger partial charge >= 0.3 is 11.9 Å². The van der Waals surface area contributed by atoms with E-state index < -0.39 is 18.0 Å². The zero-order valence-corrected chi connectivity index (χ0v) is 14.2. The molecule has 8 heteroatoms. The van der Waals surface area contributed by atoms with Crippen LogP contribution < -0.4 is 10.1 Å². The van der Waals surface area contributed by atoms with Crippen LogP contribution in [0.1, 0.15) is 33.6 Å². The minimum atomic E-state index is -1.36. The molecule has 1 amide bonds. The second-order valence-corrected chi connectivity index (χ2v) is 5.94. The number of hydrogen-bond acceptors (Lipinski definition) is 5. The average molecular weight is 371 g/mol. The van der Waals surface area contributed by atoms with Gasteiger partial charge in [0.05, 0.1) is 11.1 Å². The molecule has 140 valence electrons. The van der Waals surface area contributed by atoms with Crippen molar-refractivity contribution in [2.24, 2.45) is 0 Å². The number of nitrogens with one attached hydrogen (secondary N) is 1. The largest absolute Gasteiger partial charge is 0.478 e. The highest BCUT2D eigenvalue weighted by atomic mass is 16.5. The zero-order chi connectivity index (χ0) is 19.4. The van der Waals surface area contributed by atoms with Crippen molar-refractivity contribution >= 4 is 23.5 Å². The van der Waals surface area contributed by atoms with Crippen LogP contribution in [0.25, 0.3) is 0 Å². The summed E-state index contributed by atoms with van der Waals surface area (Å²) in [6, 6.07) is 10.2. The summed E-state index contributed by atoms with van der Waals surface area (Å²) in [5, 5.41) is 20.9. The Morgan fingerprint density at radius 2 is 1.63 bits per heavy atom. The van der Waals surface area contributed by atoms with Crippen molar-refractivity contribution in [1.82, 2.24) is 0 Å². The lowest BCUT2D eigenvalue weighted by Crippen LogP contribution is -2.26. The summed E-state index contributed by atoms with van der Waals surface area (Å²) in [6.45, 7) is 0.587. The molecule has 1 saturated heterocycles. The fourth-order valence-corrected chi connectivity index (χ4v) is 2.70. The molecule has 0 aliphatic carbocycles. The minimum absolute atomic E-state index is 0.188. The number of carboxylic acid groups (broad SMARTS) is 2. The van der Waals surface area contributed by atoms with Crippen LogP contribution in [0.5, 0.6) is 11.5 Å². The fraction of sp³-hybridized carbons (Fsp3) is 0.211. The van der Waals surface area contributed by atoms with Crippen molar-refractivity contribution in [3.63, 3.8) is 0 Å². The van der Waals surface area contributed by atoms with E-state index in [-0.39, 0.29) is 22.8 Å². The highest BCUT2D eigenvalue weighted by molar-refractivity contribution is 6.02. The highest BCUT2D eigenvalue weighted by Gasteiger charge is 2.23. The molecule has 1 fully saturated rings. The van der Waals surface area contributed by atoms with E-state index in [0.717, 1.165) is 12.5 Å². The third kappa shape index (κ3) is 4.42. The lowest BCUT2D eigenvalue weighted by Gasteiger charge is -2.11. The number of carbonyl (C=O) groups excluding carboxylic acids is 1. The second-order valence-electron chi connectivity index (χ2n) is 5.94. The molecule has 3 N–H and O–H groups in total. The van der Waals surface area contributed by atoms with Gasteiger partial charge in [-0.1, -0.05) is 0 Å². The summed E-state index contributed by atoms with van der Waals surface area (Å²) in [5.41, 5.74) is -0.0993. The Balaban J connectivity index is 1.69. The number of hydrogen-bond donors (Lipinski definition) is 3. The van der Waals surface area contributed by atoms with E-state index in [4.69, 9.17) is 19.7 Å². The van der Waals surface area contributed by atoms with Crippen LogP contribution in [0.4, 0.5) is 5.69 Å². The predicted octanol–water partition coefficient (Wildman–Crippen LogP) is 2.99. The summed E-state index contributed by atoms with van der Waals surface area (Å²) in [7, 11) is 0. The van der Waals surface area contributed by atoms with Crippen molar-refractivity contribution in [2.75, 3.05) is 11.9 Å². The molecule has 1 heterocycles. The van der Waals surface area contributed by atoms with Crippen LogP contribution in [0.3, 0.4) is 0 Å². The summed E-state index contributed by atoms with van der Waals surface area (Å²) >= 11 is 0. The molecule has 2 aromatic carbocycles. The van der Waals surface area contributed by atoms with E-state index in [1.807, 2.05) is 0 Å². The number of rotatable bonds is 6. The van der Waals surface area contributed by atoms with Gasteiger partial charge in [-0.25, -0.2) is 9.59 Å². The zero-order valence-electron chi connectivity index (χ0n) is 14.2. The maximum absolute atomic E-state index is 12.0. The van der Waals surface area contributed by atoms with Gasteiger partial charge in [0.2, 0.25) is 0 Å². The summed E-state index contributed by atoms with van der Waals surface area (Å²) in [5.74, 6) is -2.29. The van der Waals surface area contributed by atoms with Gasteiger partial charge in [0.1, 0.15) is 17.6 Å². The molecule has 0 saturated carbocycles. The molecule has 0 radical (unpaired) electrons. The van der Waals surface area contributed by atoms with E-state index >= 15 is 0 Å². The first-order valence-corrected chi connectivity index (χ1v) is 8.25. The minimum Gasteiger partial charge on any atom is -0.478 e. The van der Waals surface area contributed by atoms with Crippen LogP contribution in [0.2, 0.25) is 0 Å². The first-order valence-electron chi connectivity index (χ1n) is 8.25. The number of ether oxygens (including phenoxy) is 2. The molecule has 0 aromatic heterocycles. The quantitative estimate of drug-likeness (QED) is 0.713. The Bertz CT molecular complexity index is 870. The lowest BCUT2D eigenvalue weighted by atomic mass is 10.1. The molecule has 1 aliphatic rings. The number of carbonyl (C=O) groups is 3. The van der Waals surface area contributed by atoms with Gasteiger partial charge in [-0.15, -0.1) is 0 Å². The van der Waals surface area contributed by atoms with Crippen LogP contribution in [-0.4, -0.2) is 40.8 Å². The van der Waals surface area contributed by atoms with Crippen molar-refractivity contribution in [1.29, 1.82) is 0 Å². The number of amides is 1. The van der Waals surface area contributed by atoms with E-state index in [1.54, 1.807) is 24.3 Å². The van der Waals surface area contributed by atoms with Crippen molar-refractivity contribution in [3.05, 3.63) is 53.6 Å². The van der Waals surface area contributed by atoms with Gasteiger partial charge in [0.15, 0.2) is 0 Å². The smallest absolute Gasteiger partial charge is 0.336 e. The van der Waals surface area contributed by atoms with E-state index in [1.165, 1.54) is 12.1 Å². The molecule has 0 spiro atoms. The average Bonchev–Trinajstić information content (AvgIpc) is 3.18. The normalized spacial score (nSPS) is 15.9. The number of aromatic carboxylic acids is 2. The molecule has 1 aliphatic heterocycles. The third-order valence-corrected chi connectivity index (χ3v) is 4.03. The van der Waals surface area contributed by atoms with Gasteiger partial charge in [-0.05, 0) is 55.3 Å². The topological polar surface area (TPSA) is 122 Å². The first kappa shape index (κ1) is 18.4. The SMILES string of the molecule is O=C(O)c1ccc(Oc2ccc(NC(=O)C3CCCO3)cc2)cc1C(=O)O. The molecular formula is C19H17NO7. The van der Waals surface area contributed by atoms with Gasteiger partial charge < -0.3 is 25.0 Å². The van der Waals surface area contributed by atoms with Crippen LogP contribution >= 0.6 is 0 Å². The van der Waals surface area contributed by atoms with E-state index in [0.29, 0.717) is 24.5 Å². The molecule has 27 heavy (non-hydrogen) atoms. The second kappa shape index (κ2) is 7.88. The standard InChI is InChI=1S/C19H17NO7/c21-17(16-2-1-9-26-16)20-11-3-5-12(6-4-11)27-13-7-8-14(18(22)23)15(10-13)19(24)25/h3-8,10,16H,1-2,9H2,(H,20,21)(H,22,23)(H,24,25). The summed E-state index contributed by atoms with van der Waals surface area (Å²) in [6.07, 6.45) is 1.14. The van der Waals surface area contributed by atoms with E-state index in [9.17, 15) is 14.4 Å². The van der Waals surface area contributed by atoms with Crippen LogP contribution in [0, 0.1) is 0 Å². The molecular weight excluding hydrogens is 354 g/mol. The van der Waals surface area contributed by atoms with Gasteiger partial charge in [0, 0.05) is 12.3 Å². The molecule has 3 rings (SSSR count). The van der Waals surface area contributed by atoms with Gasteiger partial charge in [-0.3, -0.25) is 4.79 Å². The number of carboxylic acids is 2. The summed E-state index contributed by atoms with van der Waals surface area (Å²) < 4.78 is 10.9. The van der Waals surface area contributed by atoms with Crippen molar-refractivity contribution in [3.8, 4) is 11.5 Å². The third-order valence-electron chi connectivity index (χ3n) is 4.03. The highest BCUT2D eigenvalue weighted by Crippen LogP contribution is 2.26. The maximum Gasteiger partial charge on any atom is 0.336 e. The number of anilines is 1. The Labute approximate surface area is 154 Å². The van der Waals surface area contributed by atoms with Crippen molar-refractivity contribution in [2.45, 2.75) is 18.9 Å². The Hall–Kier alpha value is -3.39. The lowest BCUT2D eigenvalue weighted by molar-refractivity contribution is -0.124. The molecule has 2 aromatic rings. The van der Waals surface area contributed by atoms with Gasteiger partial charge in [0.25, 0.3) is 5.91 Å². The van der Waals surface area contributed by atoms with Crippen LogP contribution in [-0.2, 0) is 9.53 Å². The Morgan fingerprint density at radius 1 is 0.963 bits per heavy atom. The van der Waals surface area contributed by atoms with Crippen molar-refractivity contribution < 1.29 is 34.1 Å². The molecule has 1 unspecified atom stereocenters. The first-order chi connectivity index (χ1) is 12.9. The summed E-state index contributed by atoms with van der Waals surface area (Å²) in [4.78, 5) is 34.3. The Morgan fingerprint density at radius 3 is 2.22 bits per heavy atom. The van der Waals surface area contributed by atoms with Crippen LogP contribution in [0.15, 0.2) is 42.5 Å². The fourth-order valence-electron chi connectivity index (χ4n) is 2.70. The number of benzene rings is 2. The molecule has 1 atom stereocenters.